The molecular weight excluding hydrogens is 282 g/mol. The second kappa shape index (κ2) is 4.27. The highest BCUT2D eigenvalue weighted by molar-refractivity contribution is 6.28. The van der Waals surface area contributed by atoms with Gasteiger partial charge in [-0.15, -0.1) is 0 Å². The van der Waals surface area contributed by atoms with E-state index in [0.29, 0.717) is 28.0 Å². The number of benzene rings is 2. The molecule has 1 aliphatic rings. The Morgan fingerprint density at radius 2 is 1.86 bits per heavy atom. The average Bonchev–Trinajstić information content (AvgIpc) is 3.03. The van der Waals surface area contributed by atoms with E-state index in [9.17, 15) is 9.90 Å². The fourth-order valence-corrected chi connectivity index (χ4v) is 3.04. The molecule has 1 aliphatic carbocycles. The molecule has 4 rings (SSSR count). The van der Waals surface area contributed by atoms with Crippen molar-refractivity contribution in [1.29, 1.82) is 0 Å². The molecule has 0 aliphatic heterocycles. The first kappa shape index (κ1) is 12.8. The van der Waals surface area contributed by atoms with Crippen LogP contribution in [0, 0.1) is 0 Å². The Balaban J connectivity index is 2.09. The lowest BCUT2D eigenvalue weighted by Gasteiger charge is -2.09. The van der Waals surface area contributed by atoms with Crippen molar-refractivity contribution in [2.75, 3.05) is 14.2 Å². The van der Waals surface area contributed by atoms with E-state index in [-0.39, 0.29) is 11.5 Å². The second-order valence-electron chi connectivity index (χ2n) is 5.19. The molecule has 2 N–H and O–H groups in total. The van der Waals surface area contributed by atoms with Crippen LogP contribution in [0.3, 0.4) is 0 Å². The Morgan fingerprint density at radius 3 is 2.59 bits per heavy atom. The Kier molecular flexibility index (Phi) is 2.48. The van der Waals surface area contributed by atoms with Crippen molar-refractivity contribution in [2.24, 2.45) is 0 Å². The maximum Gasteiger partial charge on any atom is 0.200 e. The number of aromatic nitrogens is 1. The largest absolute Gasteiger partial charge is 0.508 e. The molecular formula is C17H13NO4. The smallest absolute Gasteiger partial charge is 0.200 e. The van der Waals surface area contributed by atoms with E-state index in [1.54, 1.807) is 31.4 Å². The third kappa shape index (κ3) is 1.50. The number of carbonyl (C=O) groups is 1. The summed E-state index contributed by atoms with van der Waals surface area (Å²) in [5.41, 5.74) is 3.38. The molecule has 2 aromatic carbocycles. The summed E-state index contributed by atoms with van der Waals surface area (Å²) in [6, 6.07) is 8.45. The molecule has 0 atom stereocenters. The topological polar surface area (TPSA) is 71.6 Å². The molecule has 22 heavy (non-hydrogen) atoms. The van der Waals surface area contributed by atoms with Crippen molar-refractivity contribution in [3.63, 3.8) is 0 Å². The van der Waals surface area contributed by atoms with E-state index in [2.05, 4.69) is 4.98 Å². The zero-order valence-electron chi connectivity index (χ0n) is 12.1. The van der Waals surface area contributed by atoms with Gasteiger partial charge in [-0.25, -0.2) is 0 Å². The van der Waals surface area contributed by atoms with Gasteiger partial charge in [0.1, 0.15) is 17.2 Å². The molecule has 1 heterocycles. The van der Waals surface area contributed by atoms with Crippen LogP contribution in [0.15, 0.2) is 30.3 Å². The summed E-state index contributed by atoms with van der Waals surface area (Å²) in [6.07, 6.45) is 0. The van der Waals surface area contributed by atoms with Crippen LogP contribution in [0.5, 0.6) is 17.2 Å². The highest BCUT2D eigenvalue weighted by Crippen LogP contribution is 2.46. The predicted octanol–water partition coefficient (Wildman–Crippen LogP) is 3.10. The van der Waals surface area contributed by atoms with Gasteiger partial charge in [-0.1, -0.05) is 0 Å². The van der Waals surface area contributed by atoms with Crippen LogP contribution >= 0.6 is 0 Å². The molecule has 110 valence electrons. The van der Waals surface area contributed by atoms with Gasteiger partial charge in [0.05, 0.1) is 31.0 Å². The number of aromatic hydroxyl groups is 1. The molecule has 0 unspecified atom stereocenters. The molecule has 0 fully saturated rings. The zero-order chi connectivity index (χ0) is 15.4. The summed E-state index contributed by atoms with van der Waals surface area (Å²) in [4.78, 5) is 16.1. The van der Waals surface area contributed by atoms with Crippen LogP contribution in [0.1, 0.15) is 15.9 Å². The number of ketones is 1. The van der Waals surface area contributed by atoms with E-state index in [1.807, 2.05) is 6.07 Å². The van der Waals surface area contributed by atoms with Crippen molar-refractivity contribution in [3.8, 4) is 28.5 Å². The minimum atomic E-state index is -0.110. The van der Waals surface area contributed by atoms with Crippen LogP contribution in [-0.2, 0) is 0 Å². The van der Waals surface area contributed by atoms with Crippen LogP contribution in [0.4, 0.5) is 0 Å². The van der Waals surface area contributed by atoms with E-state index in [0.717, 1.165) is 16.8 Å². The van der Waals surface area contributed by atoms with Crippen molar-refractivity contribution >= 4 is 16.7 Å². The van der Waals surface area contributed by atoms with Crippen molar-refractivity contribution in [1.82, 2.24) is 4.98 Å². The number of rotatable bonds is 2. The van der Waals surface area contributed by atoms with Gasteiger partial charge in [-0.3, -0.25) is 4.79 Å². The average molecular weight is 295 g/mol. The van der Waals surface area contributed by atoms with Gasteiger partial charge in [0.25, 0.3) is 0 Å². The number of ether oxygens (including phenoxy) is 2. The Bertz CT molecular complexity index is 939. The molecule has 0 amide bonds. The standard InChI is InChI=1S/C17H13NO4/c1-21-9-6-11-14(13(7-9)22-2)17(20)15-10-5-8(19)3-4-12(10)18-16(11)15/h3-7,18-19H,1-2H3. The van der Waals surface area contributed by atoms with Gasteiger partial charge in [-0.2, -0.15) is 0 Å². The zero-order valence-corrected chi connectivity index (χ0v) is 12.1. The van der Waals surface area contributed by atoms with Crippen molar-refractivity contribution in [3.05, 3.63) is 41.5 Å². The number of carbonyl (C=O) groups excluding carboxylic acids is 1. The Hall–Kier alpha value is -2.95. The SMILES string of the molecule is COc1cc(OC)c2c(c1)-c1[nH]c3ccc(O)cc3c1C2=O. The first-order valence-corrected chi connectivity index (χ1v) is 6.80. The number of H-pyrrole nitrogens is 1. The second-order valence-corrected chi connectivity index (χ2v) is 5.19. The van der Waals surface area contributed by atoms with Gasteiger partial charge >= 0.3 is 0 Å². The maximum atomic E-state index is 12.8. The molecule has 0 radical (unpaired) electrons. The number of hydrogen-bond donors (Lipinski definition) is 2. The van der Waals surface area contributed by atoms with Gasteiger partial charge < -0.3 is 19.6 Å². The summed E-state index contributed by atoms with van der Waals surface area (Å²) in [6.45, 7) is 0. The normalized spacial score (nSPS) is 12.4. The summed E-state index contributed by atoms with van der Waals surface area (Å²) >= 11 is 0. The number of hydrogen-bond acceptors (Lipinski definition) is 4. The number of phenolic OH excluding ortho intramolecular Hbond substituents is 1. The monoisotopic (exact) mass is 295 g/mol. The lowest BCUT2D eigenvalue weighted by molar-refractivity contribution is 0.104. The lowest BCUT2D eigenvalue weighted by Crippen LogP contribution is -2.00. The number of phenols is 1. The van der Waals surface area contributed by atoms with Crippen molar-refractivity contribution in [2.45, 2.75) is 0 Å². The summed E-state index contributed by atoms with van der Waals surface area (Å²) in [7, 11) is 3.10. The van der Waals surface area contributed by atoms with E-state index in [4.69, 9.17) is 9.47 Å². The van der Waals surface area contributed by atoms with Gasteiger partial charge in [0.2, 0.25) is 0 Å². The minimum Gasteiger partial charge on any atom is -0.508 e. The molecule has 0 bridgehead atoms. The van der Waals surface area contributed by atoms with Gasteiger partial charge in [-0.05, 0) is 24.3 Å². The molecule has 5 heteroatoms. The Labute approximate surface area is 126 Å². The summed E-state index contributed by atoms with van der Waals surface area (Å²) < 4.78 is 10.6. The third-order valence-corrected chi connectivity index (χ3v) is 4.04. The quantitative estimate of drug-likeness (QED) is 0.596. The highest BCUT2D eigenvalue weighted by atomic mass is 16.5. The van der Waals surface area contributed by atoms with Crippen LogP contribution in [-0.4, -0.2) is 30.1 Å². The fraction of sp³-hybridized carbons (Fsp3) is 0.118. The maximum absolute atomic E-state index is 12.8. The molecule has 0 saturated heterocycles. The predicted molar refractivity (Wildman–Crippen MR) is 81.9 cm³/mol. The first-order valence-electron chi connectivity index (χ1n) is 6.80. The number of aromatic amines is 1. The minimum absolute atomic E-state index is 0.110. The van der Waals surface area contributed by atoms with Crippen LogP contribution < -0.4 is 9.47 Å². The first-order chi connectivity index (χ1) is 10.6. The van der Waals surface area contributed by atoms with E-state index in [1.165, 1.54) is 7.11 Å². The molecule has 0 saturated carbocycles. The molecule has 3 aromatic rings. The van der Waals surface area contributed by atoms with E-state index < -0.39 is 0 Å². The summed E-state index contributed by atoms with van der Waals surface area (Å²) in [5, 5.41) is 10.4. The number of fused-ring (bicyclic) bond motifs is 5. The summed E-state index contributed by atoms with van der Waals surface area (Å²) in [5.74, 6) is 1.12. The molecule has 5 nitrogen and oxygen atoms in total. The molecule has 0 spiro atoms. The van der Waals surface area contributed by atoms with Gasteiger partial charge in [0, 0.05) is 22.5 Å². The van der Waals surface area contributed by atoms with E-state index >= 15 is 0 Å². The van der Waals surface area contributed by atoms with Gasteiger partial charge in [0.15, 0.2) is 5.78 Å². The number of methoxy groups -OCH3 is 2. The van der Waals surface area contributed by atoms with Crippen LogP contribution in [0.25, 0.3) is 22.2 Å². The lowest BCUT2D eigenvalue weighted by atomic mass is 10.1. The third-order valence-electron chi connectivity index (χ3n) is 4.04. The molecule has 1 aromatic heterocycles. The van der Waals surface area contributed by atoms with Crippen LogP contribution in [0.2, 0.25) is 0 Å². The van der Waals surface area contributed by atoms with Crippen molar-refractivity contribution < 1.29 is 19.4 Å². The Morgan fingerprint density at radius 1 is 1.05 bits per heavy atom. The highest BCUT2D eigenvalue weighted by Gasteiger charge is 2.34. The fourth-order valence-electron chi connectivity index (χ4n) is 3.04. The number of nitrogens with one attached hydrogen (secondary N) is 1.